The lowest BCUT2D eigenvalue weighted by atomic mass is 10.0. The van der Waals surface area contributed by atoms with Crippen molar-refractivity contribution in [1.29, 1.82) is 0 Å². The highest BCUT2D eigenvalue weighted by Crippen LogP contribution is 2.40. The first kappa shape index (κ1) is 52.3. The summed E-state index contributed by atoms with van der Waals surface area (Å²) in [7, 11) is 0. The number of benzene rings is 3. The maximum atomic E-state index is 14.5. The minimum atomic E-state index is -0.926. The highest BCUT2D eigenvalue weighted by atomic mass is 16.7. The Kier molecular flexibility index (Phi) is 14.6. The predicted molar refractivity (Wildman–Crippen MR) is 278 cm³/mol. The van der Waals surface area contributed by atoms with Gasteiger partial charge in [-0.05, 0) is 112 Å². The van der Waals surface area contributed by atoms with Crippen molar-refractivity contribution in [2.24, 2.45) is 11.8 Å². The van der Waals surface area contributed by atoms with E-state index in [1.165, 1.54) is 0 Å². The Hall–Kier alpha value is -7.57. The lowest BCUT2D eigenvalue weighted by Gasteiger charge is -2.31. The molecule has 5 amide bonds. The zero-order valence-corrected chi connectivity index (χ0v) is 44.4. The van der Waals surface area contributed by atoms with Gasteiger partial charge in [0.25, 0.3) is 0 Å². The molecule has 398 valence electrons. The van der Waals surface area contributed by atoms with Gasteiger partial charge in [-0.3, -0.25) is 14.5 Å². The van der Waals surface area contributed by atoms with Crippen molar-refractivity contribution < 1.29 is 47.7 Å². The van der Waals surface area contributed by atoms with Gasteiger partial charge in [0.2, 0.25) is 18.6 Å². The van der Waals surface area contributed by atoms with Crippen LogP contribution in [0.1, 0.15) is 123 Å². The minimum absolute atomic E-state index is 0.0892. The van der Waals surface area contributed by atoms with Crippen molar-refractivity contribution in [2.45, 2.75) is 143 Å². The first-order valence-electron chi connectivity index (χ1n) is 25.9. The molecule has 0 bridgehead atoms. The van der Waals surface area contributed by atoms with Crippen LogP contribution in [-0.2, 0) is 36.9 Å². The molecule has 19 nitrogen and oxygen atoms in total. The number of aromatic amines is 2. The van der Waals surface area contributed by atoms with Crippen LogP contribution in [-0.4, -0.2) is 114 Å². The van der Waals surface area contributed by atoms with Gasteiger partial charge < -0.3 is 54.1 Å². The first-order chi connectivity index (χ1) is 35.6. The topological polar surface area (TPSA) is 223 Å². The van der Waals surface area contributed by atoms with E-state index in [9.17, 15) is 24.0 Å². The molecule has 0 radical (unpaired) electrons. The number of aromatic nitrogens is 4. The van der Waals surface area contributed by atoms with Gasteiger partial charge in [0, 0.05) is 26.1 Å². The molecular weight excluding hydrogens is 959 g/mol. The molecule has 6 heterocycles. The van der Waals surface area contributed by atoms with Crippen molar-refractivity contribution in [2.75, 3.05) is 19.9 Å². The number of carbonyl (C=O) groups excluding carboxylic acids is 5. The highest BCUT2D eigenvalue weighted by Gasteiger charge is 2.44. The Balaban J connectivity index is 0.871. The number of hydrogen-bond acceptors (Lipinski definition) is 12. The Bertz CT molecular complexity index is 2880. The number of amides is 5. The molecule has 2 saturated heterocycles. The summed E-state index contributed by atoms with van der Waals surface area (Å²) in [5, 5.41) is 5.60. The fraction of sp³-hybridized carbons (Fsp3) is 0.482. The van der Waals surface area contributed by atoms with Crippen LogP contribution in [0.4, 0.5) is 14.4 Å². The molecule has 0 spiro atoms. The van der Waals surface area contributed by atoms with Crippen molar-refractivity contribution in [3.8, 4) is 45.1 Å². The van der Waals surface area contributed by atoms with Crippen LogP contribution in [0.3, 0.4) is 0 Å². The van der Waals surface area contributed by atoms with Crippen LogP contribution in [0.2, 0.25) is 0 Å². The number of alkyl carbamates (subject to hydrolysis) is 2. The quantitative estimate of drug-likeness (QED) is 0.0859. The van der Waals surface area contributed by atoms with E-state index < -0.39 is 53.7 Å². The third-order valence-electron chi connectivity index (χ3n) is 13.8. The number of nitrogens with zero attached hydrogens (tertiary/aromatic N) is 5. The minimum Gasteiger partial charge on any atom is -0.454 e. The molecule has 0 saturated carbocycles. The summed E-state index contributed by atoms with van der Waals surface area (Å²) >= 11 is 0. The fourth-order valence-electron chi connectivity index (χ4n) is 10.1. The van der Waals surface area contributed by atoms with E-state index in [0.717, 1.165) is 57.6 Å². The summed E-state index contributed by atoms with van der Waals surface area (Å²) in [5.74, 6) is 1.56. The molecule has 3 aromatic carbocycles. The number of hydrogen-bond donors (Lipinski definition) is 4. The van der Waals surface area contributed by atoms with E-state index >= 15 is 0 Å². The third-order valence-corrected chi connectivity index (χ3v) is 13.8. The molecule has 2 aromatic heterocycles. The van der Waals surface area contributed by atoms with Crippen LogP contribution in [0.25, 0.3) is 33.6 Å². The largest absolute Gasteiger partial charge is 0.454 e. The number of ether oxygens (including phenoxy) is 5. The molecule has 5 aromatic rings. The summed E-state index contributed by atoms with van der Waals surface area (Å²) in [4.78, 5) is 89.4. The lowest BCUT2D eigenvalue weighted by molar-refractivity contribution is -0.136. The number of nitrogens with one attached hydrogen (secondary N) is 4. The monoisotopic (exact) mass is 1030 g/mol. The smallest absolute Gasteiger partial charge is 0.410 e. The average Bonchev–Trinajstić information content (AvgIpc) is 4.21. The fourth-order valence-corrected chi connectivity index (χ4v) is 10.1. The zero-order valence-electron chi connectivity index (χ0n) is 44.4. The van der Waals surface area contributed by atoms with Crippen LogP contribution in [0, 0.1) is 11.8 Å². The predicted octanol–water partition coefficient (Wildman–Crippen LogP) is 9.42. The first-order valence-corrected chi connectivity index (χ1v) is 25.9. The van der Waals surface area contributed by atoms with Gasteiger partial charge in [-0.2, -0.15) is 0 Å². The second kappa shape index (κ2) is 21.0. The second-order valence-corrected chi connectivity index (χ2v) is 22.5. The van der Waals surface area contributed by atoms with E-state index in [0.29, 0.717) is 42.8 Å². The second-order valence-electron chi connectivity index (χ2n) is 22.5. The van der Waals surface area contributed by atoms with Crippen molar-refractivity contribution in [3.63, 3.8) is 0 Å². The molecule has 4 aliphatic rings. The summed E-state index contributed by atoms with van der Waals surface area (Å²) in [6.07, 6.45) is 2.88. The summed E-state index contributed by atoms with van der Waals surface area (Å²) in [5.41, 5.74) is 5.83. The molecule has 19 heteroatoms. The Morgan fingerprint density at radius 1 is 0.653 bits per heavy atom. The van der Waals surface area contributed by atoms with Gasteiger partial charge >= 0.3 is 18.3 Å². The maximum absolute atomic E-state index is 14.5. The molecule has 2 fully saturated rings. The molecule has 9 rings (SSSR count). The number of imidazole rings is 2. The van der Waals surface area contributed by atoms with E-state index in [4.69, 9.17) is 33.7 Å². The molecule has 5 atom stereocenters. The maximum Gasteiger partial charge on any atom is 0.410 e. The molecule has 4 aliphatic heterocycles. The number of carbonyl (C=O) groups is 5. The third kappa shape index (κ3) is 11.9. The van der Waals surface area contributed by atoms with Crippen LogP contribution < -0.4 is 20.1 Å². The average molecular weight is 1030 g/mol. The number of fused-ring (bicyclic) bond motifs is 2. The van der Waals surface area contributed by atoms with E-state index in [-0.39, 0.29) is 49.5 Å². The van der Waals surface area contributed by atoms with Crippen LogP contribution in [0.15, 0.2) is 73.1 Å². The van der Waals surface area contributed by atoms with Crippen molar-refractivity contribution >= 4 is 30.1 Å². The molecule has 2 unspecified atom stereocenters. The normalized spacial score (nSPS) is 19.0. The van der Waals surface area contributed by atoms with Gasteiger partial charge in [0.1, 0.15) is 41.0 Å². The number of likely N-dealkylation sites (tertiary alicyclic amines) is 2. The summed E-state index contributed by atoms with van der Waals surface area (Å²) < 4.78 is 28.2. The summed E-state index contributed by atoms with van der Waals surface area (Å²) in [6, 6.07) is 17.5. The van der Waals surface area contributed by atoms with Crippen LogP contribution >= 0.6 is 0 Å². The Morgan fingerprint density at radius 3 is 1.57 bits per heavy atom. The highest BCUT2D eigenvalue weighted by molar-refractivity contribution is 5.87. The van der Waals surface area contributed by atoms with Gasteiger partial charge in [-0.15, -0.1) is 0 Å². The Labute approximate surface area is 437 Å². The van der Waals surface area contributed by atoms with Gasteiger partial charge in [0.05, 0.1) is 42.4 Å². The van der Waals surface area contributed by atoms with Crippen molar-refractivity contribution in [3.05, 3.63) is 95.8 Å². The van der Waals surface area contributed by atoms with Gasteiger partial charge in [-0.1, -0.05) is 76.2 Å². The van der Waals surface area contributed by atoms with Gasteiger partial charge in [-0.25, -0.2) is 24.4 Å². The number of rotatable bonds is 12. The standard InChI is InChI=1S/C56H69N9O10/c1-31(2)46(61-52(68)74-55(5,6)7)50(66)64-21-11-12-42(64)48-57-25-40(59-48)35-17-13-33(14-18-35)34-15-19-36(20-16-34)41-26-58-49(60-41)43-24-39(29-65(43)51(67)47(32(3)4)62-53(69)75-56(8,9)10)73-54(70)63-27-37-22-44-45(72-30-71-44)23-38(37)28-63/h13-20,22-23,25-26,31-32,39,42-43,46-47H,11-12,21,24,27-30H2,1-10H3,(H,57,59)(H,58,60)(H,61,68)(H,62,69)/t39-,42?,43?,46+,47+/m1/s1. The molecule has 4 N–H and O–H groups in total. The molecular formula is C56H69N9O10. The SMILES string of the molecule is CC(C)[C@H](NC(=O)OC(C)(C)C)C(=O)N1CCCC1c1ncc(-c2ccc(-c3ccc(-c4cnc(C5C[C@@H](OC(=O)N6Cc7cc8c(cc7C6)OCO8)CN5C(=O)[C@@H](NC(=O)OC(C)(C)C)C(C)C)[nH]4)cc3)cc2)[nH]1. The Morgan fingerprint density at radius 2 is 1.11 bits per heavy atom. The summed E-state index contributed by atoms with van der Waals surface area (Å²) in [6.45, 7) is 19.7. The zero-order chi connectivity index (χ0) is 53.5. The van der Waals surface area contributed by atoms with E-state index in [2.05, 4.69) is 32.7 Å². The lowest BCUT2D eigenvalue weighted by Crippen LogP contribution is -2.52. The van der Waals surface area contributed by atoms with E-state index in [1.807, 2.05) is 81.1 Å². The number of H-pyrrole nitrogens is 2. The molecule has 75 heavy (non-hydrogen) atoms. The van der Waals surface area contributed by atoms with Crippen LogP contribution in [0.5, 0.6) is 11.5 Å². The molecule has 0 aliphatic carbocycles. The van der Waals surface area contributed by atoms with E-state index in [1.54, 1.807) is 63.7 Å². The van der Waals surface area contributed by atoms with Gasteiger partial charge in [0.15, 0.2) is 11.5 Å². The van der Waals surface area contributed by atoms with Crippen molar-refractivity contribution in [1.82, 2.24) is 45.3 Å².